The van der Waals surface area contributed by atoms with Crippen LogP contribution < -0.4 is 14.2 Å². The zero-order valence-corrected chi connectivity index (χ0v) is 19.6. The molecule has 188 valence electrons. The quantitative estimate of drug-likeness (QED) is 0.244. The summed E-state index contributed by atoms with van der Waals surface area (Å²) in [7, 11) is 0. The number of nitrogens with zero attached hydrogens (tertiary/aromatic N) is 3. The monoisotopic (exact) mass is 509 g/mol. The van der Waals surface area contributed by atoms with E-state index in [-0.39, 0.29) is 11.1 Å². The van der Waals surface area contributed by atoms with Crippen molar-refractivity contribution in [2.75, 3.05) is 0 Å². The van der Waals surface area contributed by atoms with E-state index in [1.54, 1.807) is 71.8 Å². The predicted molar refractivity (Wildman–Crippen MR) is 135 cm³/mol. The number of hydrogen-bond acceptors (Lipinski definition) is 7. The lowest BCUT2D eigenvalue weighted by Crippen LogP contribution is -1.96. The molecule has 0 fully saturated rings. The van der Waals surface area contributed by atoms with Crippen LogP contribution >= 0.6 is 0 Å². The molecule has 0 aliphatic heterocycles. The van der Waals surface area contributed by atoms with E-state index in [4.69, 9.17) is 24.4 Å². The molecule has 38 heavy (non-hydrogen) atoms. The molecule has 1 heterocycles. The summed E-state index contributed by atoms with van der Waals surface area (Å²) in [6, 6.07) is 24.2. The van der Waals surface area contributed by atoms with Crippen LogP contribution in [-0.2, 0) is 0 Å². The van der Waals surface area contributed by atoms with Crippen molar-refractivity contribution < 1.29 is 34.0 Å². The van der Waals surface area contributed by atoms with Gasteiger partial charge in [-0.15, -0.1) is 10.2 Å². The Bertz CT molecular complexity index is 1490. The third-order valence-electron chi connectivity index (χ3n) is 5.32. The summed E-state index contributed by atoms with van der Waals surface area (Å²) < 4.78 is 19.7. The summed E-state index contributed by atoms with van der Waals surface area (Å²) in [5.74, 6) is 0.497. The zero-order valence-electron chi connectivity index (χ0n) is 19.6. The smallest absolute Gasteiger partial charge is 0.335 e. The lowest BCUT2D eigenvalue weighted by atomic mass is 10.2. The highest BCUT2D eigenvalue weighted by molar-refractivity contribution is 5.88. The van der Waals surface area contributed by atoms with Crippen LogP contribution in [0.15, 0.2) is 104 Å². The number of aromatic nitrogens is 3. The average molecular weight is 509 g/mol. The summed E-state index contributed by atoms with van der Waals surface area (Å²) in [5, 5.41) is 25.8. The first-order chi connectivity index (χ1) is 18.4. The van der Waals surface area contributed by atoms with E-state index in [0.717, 1.165) is 5.69 Å². The van der Waals surface area contributed by atoms with Gasteiger partial charge in [-0.1, -0.05) is 0 Å². The summed E-state index contributed by atoms with van der Waals surface area (Å²) >= 11 is 0. The van der Waals surface area contributed by atoms with Crippen molar-refractivity contribution in [3.05, 3.63) is 115 Å². The Morgan fingerprint density at radius 2 is 0.868 bits per heavy atom. The van der Waals surface area contributed by atoms with E-state index in [2.05, 4.69) is 10.2 Å². The number of rotatable bonds is 9. The van der Waals surface area contributed by atoms with E-state index in [1.165, 1.54) is 24.3 Å². The lowest BCUT2D eigenvalue weighted by molar-refractivity contribution is 0.0686. The number of hydrogen-bond donors (Lipinski definition) is 2. The van der Waals surface area contributed by atoms with E-state index in [0.29, 0.717) is 34.5 Å². The van der Waals surface area contributed by atoms with Crippen molar-refractivity contribution in [3.63, 3.8) is 0 Å². The SMILES string of the molecule is O=C(O)c1ccc(Oc2cc(Oc3ccc(C(=O)O)cc3)cc(Oc3ccc(-n4cnnc4)cc3)c2)cc1. The van der Waals surface area contributed by atoms with Crippen LogP contribution in [0.5, 0.6) is 34.5 Å². The number of carboxylic acids is 2. The fourth-order valence-electron chi connectivity index (χ4n) is 3.48. The van der Waals surface area contributed by atoms with Gasteiger partial charge >= 0.3 is 11.9 Å². The Morgan fingerprint density at radius 1 is 0.526 bits per heavy atom. The highest BCUT2D eigenvalue weighted by Crippen LogP contribution is 2.35. The molecule has 10 nitrogen and oxygen atoms in total. The second-order valence-electron chi connectivity index (χ2n) is 7.97. The van der Waals surface area contributed by atoms with E-state index in [9.17, 15) is 9.59 Å². The summed E-state index contributed by atoms with van der Waals surface area (Å²) in [6.07, 6.45) is 3.18. The molecule has 0 atom stereocenters. The van der Waals surface area contributed by atoms with Gasteiger partial charge in [0, 0.05) is 23.9 Å². The van der Waals surface area contributed by atoms with Gasteiger partial charge in [0.2, 0.25) is 0 Å². The lowest BCUT2D eigenvalue weighted by Gasteiger charge is -2.13. The van der Waals surface area contributed by atoms with E-state index >= 15 is 0 Å². The molecule has 0 aliphatic rings. The maximum atomic E-state index is 11.1. The van der Waals surface area contributed by atoms with Gasteiger partial charge in [-0.25, -0.2) is 9.59 Å². The number of carbonyl (C=O) groups is 2. The number of benzene rings is 4. The number of carboxylic acid groups (broad SMARTS) is 2. The van der Waals surface area contributed by atoms with Crippen molar-refractivity contribution in [1.82, 2.24) is 14.8 Å². The van der Waals surface area contributed by atoms with Crippen LogP contribution in [0.3, 0.4) is 0 Å². The molecule has 4 aromatic carbocycles. The van der Waals surface area contributed by atoms with Gasteiger partial charge in [0.1, 0.15) is 47.2 Å². The first-order valence-corrected chi connectivity index (χ1v) is 11.2. The standard InChI is InChI=1S/C28H19N3O7/c32-27(33)18-1-7-21(8-2-18)36-24-13-25(37-22-9-3-19(4-10-22)28(34)35)15-26(14-24)38-23-11-5-20(6-12-23)31-16-29-30-17-31/h1-17H,(H,32,33)(H,34,35). The molecule has 0 spiro atoms. The van der Waals surface area contributed by atoms with Crippen LogP contribution in [0.2, 0.25) is 0 Å². The van der Waals surface area contributed by atoms with Crippen molar-refractivity contribution >= 4 is 11.9 Å². The zero-order chi connectivity index (χ0) is 26.5. The molecule has 2 N–H and O–H groups in total. The third-order valence-corrected chi connectivity index (χ3v) is 5.32. The minimum absolute atomic E-state index is 0.137. The first kappa shape index (κ1) is 24.1. The number of ether oxygens (including phenoxy) is 3. The molecule has 0 unspecified atom stereocenters. The Morgan fingerprint density at radius 3 is 1.21 bits per heavy atom. The molecule has 0 radical (unpaired) electrons. The molecule has 10 heteroatoms. The largest absolute Gasteiger partial charge is 0.478 e. The van der Waals surface area contributed by atoms with Crippen LogP contribution in [-0.4, -0.2) is 36.9 Å². The Labute approximate surface area is 215 Å². The highest BCUT2D eigenvalue weighted by Gasteiger charge is 2.10. The first-order valence-electron chi connectivity index (χ1n) is 11.2. The molecule has 0 aliphatic carbocycles. The molecule has 5 aromatic rings. The van der Waals surface area contributed by atoms with E-state index < -0.39 is 11.9 Å². The van der Waals surface area contributed by atoms with Gasteiger partial charge in [-0.3, -0.25) is 4.57 Å². The van der Waals surface area contributed by atoms with Crippen LogP contribution in [0.25, 0.3) is 5.69 Å². The van der Waals surface area contributed by atoms with Gasteiger partial charge in [0.15, 0.2) is 0 Å². The van der Waals surface area contributed by atoms with Crippen LogP contribution in [0, 0.1) is 0 Å². The fourth-order valence-corrected chi connectivity index (χ4v) is 3.48. The summed E-state index contributed by atoms with van der Waals surface area (Å²) in [6.45, 7) is 0. The minimum Gasteiger partial charge on any atom is -0.478 e. The summed E-state index contributed by atoms with van der Waals surface area (Å²) in [5.41, 5.74) is 1.13. The molecule has 0 saturated carbocycles. The van der Waals surface area contributed by atoms with Gasteiger partial charge in [-0.2, -0.15) is 0 Å². The van der Waals surface area contributed by atoms with Crippen LogP contribution in [0.4, 0.5) is 0 Å². The Hall–Kier alpha value is -5.64. The van der Waals surface area contributed by atoms with Gasteiger partial charge in [0.25, 0.3) is 0 Å². The Balaban J connectivity index is 1.41. The molecular formula is C28H19N3O7. The maximum absolute atomic E-state index is 11.1. The fraction of sp³-hybridized carbons (Fsp3) is 0. The van der Waals surface area contributed by atoms with Crippen LogP contribution in [0.1, 0.15) is 20.7 Å². The van der Waals surface area contributed by atoms with Crippen molar-refractivity contribution in [3.8, 4) is 40.2 Å². The average Bonchev–Trinajstić information content (AvgIpc) is 3.45. The molecule has 0 amide bonds. The Kier molecular flexibility index (Phi) is 6.68. The predicted octanol–water partition coefficient (Wildman–Crippen LogP) is 6.04. The van der Waals surface area contributed by atoms with E-state index in [1.807, 2.05) is 12.1 Å². The van der Waals surface area contributed by atoms with Crippen molar-refractivity contribution in [2.45, 2.75) is 0 Å². The molecule has 1 aromatic heterocycles. The molecule has 0 saturated heterocycles. The summed E-state index contributed by atoms with van der Waals surface area (Å²) in [4.78, 5) is 22.3. The third kappa shape index (κ3) is 5.77. The second-order valence-corrected chi connectivity index (χ2v) is 7.97. The normalized spacial score (nSPS) is 10.5. The second kappa shape index (κ2) is 10.5. The minimum atomic E-state index is -1.04. The number of aromatic carboxylic acids is 2. The highest BCUT2D eigenvalue weighted by atomic mass is 16.5. The van der Waals surface area contributed by atoms with Crippen molar-refractivity contribution in [2.24, 2.45) is 0 Å². The van der Waals surface area contributed by atoms with Crippen molar-refractivity contribution in [1.29, 1.82) is 0 Å². The van der Waals surface area contributed by atoms with Gasteiger partial charge in [-0.05, 0) is 72.8 Å². The maximum Gasteiger partial charge on any atom is 0.335 e. The molecule has 5 rings (SSSR count). The van der Waals surface area contributed by atoms with Gasteiger partial charge in [0.05, 0.1) is 11.1 Å². The molecular weight excluding hydrogens is 490 g/mol. The topological polar surface area (TPSA) is 133 Å². The molecule has 0 bridgehead atoms. The van der Waals surface area contributed by atoms with Gasteiger partial charge < -0.3 is 24.4 Å².